The van der Waals surface area contributed by atoms with Crippen LogP contribution in [-0.2, 0) is 6.42 Å². The standard InChI is InChI=1S/C20H18Cl4O5/c1-2-3-4-5-6-9-7-10(12(26)8-11(9)25)19(27)13-14(20(28)29)16(22)18(24)17(23)15(13)21/h7-8,25-26H,2-6H2,1H3,(H,28,29). The highest BCUT2D eigenvalue weighted by Gasteiger charge is 2.30. The lowest BCUT2D eigenvalue weighted by molar-refractivity contribution is 0.0693. The number of hydrogen-bond donors (Lipinski definition) is 3. The van der Waals surface area contributed by atoms with Gasteiger partial charge in [0.05, 0.1) is 36.8 Å². The lowest BCUT2D eigenvalue weighted by Crippen LogP contribution is -2.13. The van der Waals surface area contributed by atoms with Gasteiger partial charge in [-0.3, -0.25) is 4.79 Å². The van der Waals surface area contributed by atoms with E-state index in [1.807, 2.05) is 0 Å². The van der Waals surface area contributed by atoms with Gasteiger partial charge in [-0.25, -0.2) is 4.79 Å². The quantitative estimate of drug-likeness (QED) is 0.168. The Morgan fingerprint density at radius 2 is 1.41 bits per heavy atom. The maximum Gasteiger partial charge on any atom is 0.338 e. The molecule has 3 N–H and O–H groups in total. The van der Waals surface area contributed by atoms with E-state index in [-0.39, 0.29) is 26.4 Å². The maximum atomic E-state index is 13.1. The average Bonchev–Trinajstić information content (AvgIpc) is 2.66. The van der Waals surface area contributed by atoms with Crippen LogP contribution in [0.1, 0.15) is 64.4 Å². The summed E-state index contributed by atoms with van der Waals surface area (Å²) >= 11 is 24.0. The second-order valence-corrected chi connectivity index (χ2v) is 7.96. The summed E-state index contributed by atoms with van der Waals surface area (Å²) in [4.78, 5) is 24.8. The van der Waals surface area contributed by atoms with Crippen LogP contribution in [0.4, 0.5) is 0 Å². The zero-order valence-corrected chi connectivity index (χ0v) is 18.4. The van der Waals surface area contributed by atoms with Gasteiger partial charge in [-0.2, -0.15) is 0 Å². The number of rotatable bonds is 8. The second-order valence-electron chi connectivity index (χ2n) is 6.45. The first-order valence-corrected chi connectivity index (χ1v) is 10.3. The predicted molar refractivity (Wildman–Crippen MR) is 114 cm³/mol. The Morgan fingerprint density at radius 1 is 0.828 bits per heavy atom. The molecule has 0 bridgehead atoms. The van der Waals surface area contributed by atoms with Crippen LogP contribution in [0, 0.1) is 0 Å². The fourth-order valence-electron chi connectivity index (χ4n) is 2.93. The van der Waals surface area contributed by atoms with Gasteiger partial charge in [0.25, 0.3) is 0 Å². The van der Waals surface area contributed by atoms with Gasteiger partial charge in [0, 0.05) is 6.07 Å². The molecule has 0 saturated heterocycles. The Kier molecular flexibility index (Phi) is 8.06. The number of carboxylic acid groups (broad SMARTS) is 1. The molecule has 29 heavy (non-hydrogen) atoms. The summed E-state index contributed by atoms with van der Waals surface area (Å²) in [5, 5.41) is 28.4. The summed E-state index contributed by atoms with van der Waals surface area (Å²) in [6.45, 7) is 2.07. The Labute approximate surface area is 187 Å². The molecule has 2 aromatic carbocycles. The Hall–Kier alpha value is -1.66. The zero-order chi connectivity index (χ0) is 21.9. The number of ketones is 1. The molecule has 2 rings (SSSR count). The van der Waals surface area contributed by atoms with Crippen molar-refractivity contribution in [2.24, 2.45) is 0 Å². The summed E-state index contributed by atoms with van der Waals surface area (Å²) in [6.07, 6.45) is 4.27. The topological polar surface area (TPSA) is 94.8 Å². The Morgan fingerprint density at radius 3 is 1.97 bits per heavy atom. The minimum absolute atomic E-state index is 0.160. The van der Waals surface area contributed by atoms with Gasteiger partial charge in [0.2, 0.25) is 0 Å². The third-order valence-corrected chi connectivity index (χ3v) is 6.25. The molecule has 5 nitrogen and oxygen atoms in total. The Balaban J connectivity index is 2.59. The molecule has 0 spiro atoms. The van der Waals surface area contributed by atoms with Gasteiger partial charge in [-0.05, 0) is 24.5 Å². The van der Waals surface area contributed by atoms with E-state index in [1.54, 1.807) is 0 Å². The lowest BCUT2D eigenvalue weighted by atomic mass is 9.94. The van der Waals surface area contributed by atoms with Crippen molar-refractivity contribution >= 4 is 58.2 Å². The number of aromatic carboxylic acids is 1. The van der Waals surface area contributed by atoms with E-state index in [9.17, 15) is 24.9 Å². The molecule has 156 valence electrons. The predicted octanol–water partition coefficient (Wildman–Crippen LogP) is 6.76. The molecule has 9 heteroatoms. The number of hydrogen-bond acceptors (Lipinski definition) is 4. The number of carbonyl (C=O) groups excluding carboxylic acids is 1. The lowest BCUT2D eigenvalue weighted by Gasteiger charge is -2.15. The fraction of sp³-hybridized carbons (Fsp3) is 0.300. The number of carboxylic acids is 1. The van der Waals surface area contributed by atoms with Gasteiger partial charge < -0.3 is 15.3 Å². The van der Waals surface area contributed by atoms with Crippen molar-refractivity contribution in [3.8, 4) is 11.5 Å². The van der Waals surface area contributed by atoms with Crippen LogP contribution in [-0.4, -0.2) is 27.1 Å². The van der Waals surface area contributed by atoms with E-state index in [2.05, 4.69) is 6.92 Å². The van der Waals surface area contributed by atoms with Gasteiger partial charge in [-0.1, -0.05) is 72.6 Å². The van der Waals surface area contributed by atoms with Crippen molar-refractivity contribution in [3.05, 3.63) is 54.5 Å². The molecule has 0 saturated carbocycles. The van der Waals surface area contributed by atoms with Crippen molar-refractivity contribution in [3.63, 3.8) is 0 Å². The van der Waals surface area contributed by atoms with E-state index < -0.39 is 33.7 Å². The number of benzene rings is 2. The van der Waals surface area contributed by atoms with E-state index in [0.29, 0.717) is 12.0 Å². The van der Waals surface area contributed by atoms with Gasteiger partial charge >= 0.3 is 5.97 Å². The molecule has 0 fully saturated rings. The second kappa shape index (κ2) is 9.90. The highest BCUT2D eigenvalue weighted by Crippen LogP contribution is 2.43. The summed E-state index contributed by atoms with van der Waals surface area (Å²) in [5.74, 6) is -3.12. The number of unbranched alkanes of at least 4 members (excludes halogenated alkanes) is 3. The summed E-state index contributed by atoms with van der Waals surface area (Å²) in [5.41, 5.74) is -0.891. The molecule has 0 heterocycles. The number of phenolic OH excluding ortho intramolecular Hbond substituents is 2. The van der Waals surface area contributed by atoms with Crippen LogP contribution in [0.15, 0.2) is 12.1 Å². The molecule has 0 amide bonds. The number of carbonyl (C=O) groups is 2. The molecule has 0 radical (unpaired) electrons. The largest absolute Gasteiger partial charge is 0.508 e. The number of phenols is 2. The number of aryl methyl sites for hydroxylation is 1. The van der Waals surface area contributed by atoms with Crippen molar-refractivity contribution in [2.75, 3.05) is 0 Å². The molecule has 0 atom stereocenters. The third kappa shape index (κ3) is 4.92. The average molecular weight is 480 g/mol. The van der Waals surface area contributed by atoms with Crippen LogP contribution in [0.5, 0.6) is 11.5 Å². The normalized spacial score (nSPS) is 10.9. The number of halogens is 4. The summed E-state index contributed by atoms with van der Waals surface area (Å²) < 4.78 is 0. The van der Waals surface area contributed by atoms with Crippen molar-refractivity contribution in [2.45, 2.75) is 39.0 Å². The number of aromatic hydroxyl groups is 2. The minimum atomic E-state index is -1.53. The maximum absolute atomic E-state index is 13.1. The van der Waals surface area contributed by atoms with Gasteiger partial charge in [-0.15, -0.1) is 0 Å². The molecule has 0 unspecified atom stereocenters. The van der Waals surface area contributed by atoms with Crippen molar-refractivity contribution in [1.29, 1.82) is 0 Å². The van der Waals surface area contributed by atoms with E-state index in [4.69, 9.17) is 46.4 Å². The van der Waals surface area contributed by atoms with Crippen molar-refractivity contribution in [1.82, 2.24) is 0 Å². The van der Waals surface area contributed by atoms with Crippen LogP contribution in [0.3, 0.4) is 0 Å². The molecule has 0 aliphatic carbocycles. The molecule has 0 aliphatic rings. The Bertz CT molecular complexity index is 972. The molecular weight excluding hydrogens is 462 g/mol. The molecule has 0 aliphatic heterocycles. The molecular formula is C20H18Cl4O5. The van der Waals surface area contributed by atoms with Crippen LogP contribution < -0.4 is 0 Å². The van der Waals surface area contributed by atoms with Crippen molar-refractivity contribution < 1.29 is 24.9 Å². The van der Waals surface area contributed by atoms with Crippen LogP contribution >= 0.6 is 46.4 Å². The van der Waals surface area contributed by atoms with E-state index in [0.717, 1.165) is 31.7 Å². The van der Waals surface area contributed by atoms with Gasteiger partial charge in [0.1, 0.15) is 11.5 Å². The first kappa shape index (κ1) is 23.6. The van der Waals surface area contributed by atoms with Crippen LogP contribution in [0.25, 0.3) is 0 Å². The fourth-order valence-corrected chi connectivity index (χ4v) is 3.95. The molecule has 2 aromatic rings. The summed E-state index contributed by atoms with van der Waals surface area (Å²) in [7, 11) is 0. The smallest absolute Gasteiger partial charge is 0.338 e. The zero-order valence-electron chi connectivity index (χ0n) is 15.4. The first-order valence-electron chi connectivity index (χ1n) is 8.80. The minimum Gasteiger partial charge on any atom is -0.508 e. The SMILES string of the molecule is CCCCCCc1cc(C(=O)c2c(Cl)c(Cl)c(Cl)c(Cl)c2C(=O)O)c(O)cc1O. The van der Waals surface area contributed by atoms with E-state index >= 15 is 0 Å². The highest BCUT2D eigenvalue weighted by atomic mass is 35.5. The van der Waals surface area contributed by atoms with Crippen LogP contribution in [0.2, 0.25) is 20.1 Å². The summed E-state index contributed by atoms with van der Waals surface area (Å²) in [6, 6.07) is 2.35. The van der Waals surface area contributed by atoms with Gasteiger partial charge in [0.15, 0.2) is 5.78 Å². The third-order valence-electron chi connectivity index (χ3n) is 4.45. The first-order chi connectivity index (χ1) is 13.6. The highest BCUT2D eigenvalue weighted by molar-refractivity contribution is 6.54. The monoisotopic (exact) mass is 478 g/mol. The molecule has 0 aromatic heterocycles. The van der Waals surface area contributed by atoms with E-state index in [1.165, 1.54) is 6.07 Å².